The van der Waals surface area contributed by atoms with Crippen molar-refractivity contribution in [2.24, 2.45) is 16.6 Å². The van der Waals surface area contributed by atoms with Crippen LogP contribution in [-0.2, 0) is 16.1 Å². The summed E-state index contributed by atoms with van der Waals surface area (Å²) in [6, 6.07) is 6.40. The first kappa shape index (κ1) is 25.7. The Hall–Kier alpha value is -4.55. The van der Waals surface area contributed by atoms with E-state index in [0.717, 1.165) is 30.0 Å². The third-order valence-corrected chi connectivity index (χ3v) is 8.57. The number of rotatable bonds is 7. The molecule has 3 aliphatic carbocycles. The van der Waals surface area contributed by atoms with Crippen molar-refractivity contribution < 1.29 is 28.3 Å². The largest absolute Gasteiger partial charge is 0.482 e. The summed E-state index contributed by atoms with van der Waals surface area (Å²) in [4.78, 5) is 53.9. The molecule has 12 nitrogen and oxygen atoms in total. The van der Waals surface area contributed by atoms with Crippen LogP contribution >= 0.6 is 0 Å². The zero-order chi connectivity index (χ0) is 28.1. The molecule has 4 aliphatic rings. The average Bonchev–Trinajstić information content (AvgIpc) is 3.35. The van der Waals surface area contributed by atoms with Crippen LogP contribution in [0, 0.1) is 16.6 Å². The summed E-state index contributed by atoms with van der Waals surface area (Å²) in [6.45, 7) is 0.414. The number of carbonyl (C=O) groups is 4. The fourth-order valence-corrected chi connectivity index (χ4v) is 5.98. The molecule has 7 rings (SSSR count). The minimum Gasteiger partial charge on any atom is -0.482 e. The number of fused-ring (bicyclic) bond motifs is 5. The predicted octanol–water partition coefficient (Wildman–Crippen LogP) is 1.68. The molecule has 0 spiro atoms. The third kappa shape index (κ3) is 4.50. The van der Waals surface area contributed by atoms with Gasteiger partial charge in [-0.15, -0.1) is 0 Å². The van der Waals surface area contributed by atoms with Crippen LogP contribution in [0.2, 0.25) is 0 Å². The molecule has 4 amide bonds. The molecule has 3 heterocycles. The minimum atomic E-state index is -0.768. The first-order valence-corrected chi connectivity index (χ1v) is 13.1. The van der Waals surface area contributed by atoms with Crippen molar-refractivity contribution in [1.29, 1.82) is 0 Å². The molecule has 13 heteroatoms. The number of nitrogens with one attached hydrogen (secondary N) is 3. The minimum absolute atomic E-state index is 0.0257. The van der Waals surface area contributed by atoms with Crippen molar-refractivity contribution in [2.45, 2.75) is 45.1 Å². The zero-order valence-corrected chi connectivity index (χ0v) is 21.6. The number of carbonyl (C=O) groups excluding carboxylic acids is 4. The van der Waals surface area contributed by atoms with Gasteiger partial charge in [0.15, 0.2) is 18.1 Å². The van der Waals surface area contributed by atoms with E-state index in [1.54, 1.807) is 18.2 Å². The topological polar surface area (TPSA) is 170 Å². The van der Waals surface area contributed by atoms with Gasteiger partial charge in [0.05, 0.1) is 11.9 Å². The van der Waals surface area contributed by atoms with E-state index in [2.05, 4.69) is 26.0 Å². The molecular weight excluding hydrogens is 521 g/mol. The van der Waals surface area contributed by atoms with Crippen LogP contribution in [0.3, 0.4) is 0 Å². The number of hydrogen-bond acceptors (Lipinski definition) is 7. The SMILES string of the molecule is NC(=O)C12CCC(CNC(=O)c3cc(C(=O)NCc4ccc5c(c4)NC(=O)CO5)nc4c(F)cnn34)(CC1)CC2. The second-order valence-corrected chi connectivity index (χ2v) is 10.9. The summed E-state index contributed by atoms with van der Waals surface area (Å²) < 4.78 is 20.9. The summed E-state index contributed by atoms with van der Waals surface area (Å²) in [6.07, 6.45) is 5.40. The molecule has 1 aliphatic heterocycles. The number of benzene rings is 1. The van der Waals surface area contributed by atoms with E-state index >= 15 is 0 Å². The second kappa shape index (κ2) is 9.57. The van der Waals surface area contributed by atoms with E-state index in [4.69, 9.17) is 10.5 Å². The van der Waals surface area contributed by atoms with Crippen molar-refractivity contribution in [2.75, 3.05) is 18.5 Å². The molecule has 3 fully saturated rings. The van der Waals surface area contributed by atoms with Gasteiger partial charge in [0, 0.05) is 24.6 Å². The van der Waals surface area contributed by atoms with E-state index < -0.39 is 23.0 Å². The van der Waals surface area contributed by atoms with Gasteiger partial charge in [0.25, 0.3) is 17.7 Å². The average molecular weight is 550 g/mol. The highest BCUT2D eigenvalue weighted by molar-refractivity contribution is 5.98. The lowest BCUT2D eigenvalue weighted by atomic mass is 9.53. The molecule has 0 radical (unpaired) electrons. The zero-order valence-electron chi connectivity index (χ0n) is 21.6. The second-order valence-electron chi connectivity index (χ2n) is 10.9. The molecule has 3 saturated carbocycles. The van der Waals surface area contributed by atoms with Gasteiger partial charge < -0.3 is 26.4 Å². The van der Waals surface area contributed by atoms with Crippen LogP contribution in [0.5, 0.6) is 5.75 Å². The number of anilines is 1. The lowest BCUT2D eigenvalue weighted by molar-refractivity contribution is -0.136. The number of ether oxygens (including phenoxy) is 1. The lowest BCUT2D eigenvalue weighted by Gasteiger charge is -2.52. The molecule has 5 N–H and O–H groups in total. The van der Waals surface area contributed by atoms with Gasteiger partial charge in [-0.05, 0) is 61.6 Å². The molecule has 208 valence electrons. The summed E-state index contributed by atoms with van der Waals surface area (Å²) in [5.74, 6) is -1.89. The Morgan fingerprint density at radius 1 is 1.07 bits per heavy atom. The van der Waals surface area contributed by atoms with Crippen molar-refractivity contribution in [3.8, 4) is 5.75 Å². The molecule has 0 atom stereocenters. The molecule has 2 bridgehead atoms. The van der Waals surface area contributed by atoms with Crippen molar-refractivity contribution >= 4 is 35.0 Å². The molecule has 0 unspecified atom stereocenters. The number of halogens is 1. The van der Waals surface area contributed by atoms with Crippen LogP contribution in [0.25, 0.3) is 5.65 Å². The number of nitrogens with zero attached hydrogens (tertiary/aromatic N) is 3. The number of amides is 4. The smallest absolute Gasteiger partial charge is 0.270 e. The summed E-state index contributed by atoms with van der Waals surface area (Å²) in [5, 5.41) is 12.3. The fraction of sp³-hybridized carbons (Fsp3) is 0.407. The highest BCUT2D eigenvalue weighted by atomic mass is 19.1. The summed E-state index contributed by atoms with van der Waals surface area (Å²) in [5.41, 5.74) is 5.86. The Morgan fingerprint density at radius 2 is 1.82 bits per heavy atom. The maximum absolute atomic E-state index is 14.5. The normalized spacial score (nSPS) is 23.2. The summed E-state index contributed by atoms with van der Waals surface area (Å²) in [7, 11) is 0. The number of hydrogen-bond donors (Lipinski definition) is 4. The molecule has 2 aromatic heterocycles. The van der Waals surface area contributed by atoms with E-state index in [0.29, 0.717) is 42.8 Å². The highest BCUT2D eigenvalue weighted by Gasteiger charge is 2.51. The first-order valence-electron chi connectivity index (χ1n) is 13.1. The van der Waals surface area contributed by atoms with Gasteiger partial charge in [0.2, 0.25) is 5.91 Å². The highest BCUT2D eigenvalue weighted by Crippen LogP contribution is 2.56. The van der Waals surface area contributed by atoms with E-state index in [1.807, 2.05) is 0 Å². The van der Waals surface area contributed by atoms with E-state index in [9.17, 15) is 23.6 Å². The van der Waals surface area contributed by atoms with Gasteiger partial charge >= 0.3 is 0 Å². The van der Waals surface area contributed by atoms with Crippen LogP contribution in [-0.4, -0.2) is 51.4 Å². The van der Waals surface area contributed by atoms with Crippen LogP contribution in [0.4, 0.5) is 10.1 Å². The number of nitrogens with two attached hydrogens (primary N) is 1. The molecule has 3 aromatic rings. The van der Waals surface area contributed by atoms with Gasteiger partial charge in [-0.1, -0.05) is 6.07 Å². The number of aromatic nitrogens is 3. The van der Waals surface area contributed by atoms with Crippen LogP contribution < -0.4 is 26.4 Å². The Bertz CT molecular complexity index is 1540. The molecule has 1 aromatic carbocycles. The molecule has 40 heavy (non-hydrogen) atoms. The van der Waals surface area contributed by atoms with Gasteiger partial charge in [-0.2, -0.15) is 5.10 Å². The van der Waals surface area contributed by atoms with Crippen molar-refractivity contribution in [1.82, 2.24) is 25.2 Å². The maximum atomic E-state index is 14.5. The van der Waals surface area contributed by atoms with Crippen LogP contribution in [0.1, 0.15) is 65.1 Å². The van der Waals surface area contributed by atoms with E-state index in [-0.39, 0.29) is 47.4 Å². The Labute approximate surface area is 227 Å². The quantitative estimate of drug-likeness (QED) is 0.347. The lowest BCUT2D eigenvalue weighted by Crippen LogP contribution is -2.52. The number of primary amides is 1. The van der Waals surface area contributed by atoms with Crippen molar-refractivity contribution in [3.05, 3.63) is 53.2 Å². The Morgan fingerprint density at radius 3 is 2.55 bits per heavy atom. The fourth-order valence-electron chi connectivity index (χ4n) is 5.98. The van der Waals surface area contributed by atoms with Gasteiger partial charge in [0.1, 0.15) is 17.1 Å². The van der Waals surface area contributed by atoms with Gasteiger partial charge in [-0.25, -0.2) is 13.9 Å². The first-order chi connectivity index (χ1) is 19.2. The third-order valence-electron chi connectivity index (χ3n) is 8.57. The van der Waals surface area contributed by atoms with E-state index in [1.165, 1.54) is 6.07 Å². The molecule has 0 saturated heterocycles. The Balaban J connectivity index is 1.17. The Kier molecular flexibility index (Phi) is 6.15. The maximum Gasteiger partial charge on any atom is 0.270 e. The van der Waals surface area contributed by atoms with Crippen molar-refractivity contribution in [3.63, 3.8) is 0 Å². The molecular formula is C27H28FN7O5. The predicted molar refractivity (Wildman–Crippen MR) is 139 cm³/mol. The standard InChI is InChI=1S/C27H28FN7O5/c28-16-12-32-35-19(24(38)31-14-26-3-6-27(7-4-26,8-5-26)25(29)39)10-18(34-22(16)35)23(37)30-11-15-1-2-20-17(9-15)33-21(36)13-40-20/h1-2,9-10,12H,3-8,11,13-14H2,(H2,29,39)(H,30,37)(H,31,38)(H,33,36). The summed E-state index contributed by atoms with van der Waals surface area (Å²) >= 11 is 0. The monoisotopic (exact) mass is 549 g/mol. The van der Waals surface area contributed by atoms with Gasteiger partial charge in [-0.3, -0.25) is 19.2 Å². The van der Waals surface area contributed by atoms with Crippen LogP contribution in [0.15, 0.2) is 30.5 Å².